The number of likely N-dealkylation sites (tertiary alicyclic amines) is 1. The SMILES string of the molecule is CN(C)C=Nc1nccc2c1n(-c1ccc(Oc3ccccc3)cc1)c(=O)n2C1CCN(C(=O)OC(C)(C)C)C1. The Morgan fingerprint density at radius 1 is 1.05 bits per heavy atom. The molecule has 40 heavy (non-hydrogen) atoms. The van der Waals surface area contributed by atoms with E-state index in [0.717, 1.165) is 5.75 Å². The lowest BCUT2D eigenvalue weighted by atomic mass is 10.2. The summed E-state index contributed by atoms with van der Waals surface area (Å²) in [5, 5.41) is 0. The zero-order valence-corrected chi connectivity index (χ0v) is 23.4. The molecule has 1 fully saturated rings. The number of pyridine rings is 1. The maximum atomic E-state index is 14.1. The average molecular weight is 543 g/mol. The molecule has 0 radical (unpaired) electrons. The Bertz CT molecular complexity index is 1580. The van der Waals surface area contributed by atoms with Gasteiger partial charge < -0.3 is 19.3 Å². The van der Waals surface area contributed by atoms with E-state index in [1.165, 1.54) is 0 Å². The van der Waals surface area contributed by atoms with Gasteiger partial charge in [0.25, 0.3) is 0 Å². The first-order valence-electron chi connectivity index (χ1n) is 13.2. The van der Waals surface area contributed by atoms with Crippen LogP contribution in [0.1, 0.15) is 33.2 Å². The first-order chi connectivity index (χ1) is 19.1. The van der Waals surface area contributed by atoms with Crippen LogP contribution in [0.4, 0.5) is 10.6 Å². The number of aliphatic imine (C=N–C) groups is 1. The smallest absolute Gasteiger partial charge is 0.410 e. The van der Waals surface area contributed by atoms with Gasteiger partial charge in [0.1, 0.15) is 22.6 Å². The van der Waals surface area contributed by atoms with Crippen LogP contribution in [0.25, 0.3) is 16.7 Å². The Kier molecular flexibility index (Phi) is 7.34. The Morgan fingerprint density at radius 2 is 1.75 bits per heavy atom. The topological polar surface area (TPSA) is 94.2 Å². The monoisotopic (exact) mass is 542 g/mol. The fourth-order valence-corrected chi connectivity index (χ4v) is 4.74. The first-order valence-corrected chi connectivity index (χ1v) is 13.2. The van der Waals surface area contributed by atoms with E-state index in [9.17, 15) is 9.59 Å². The third kappa shape index (κ3) is 5.70. The number of hydrogen-bond donors (Lipinski definition) is 0. The molecule has 1 amide bonds. The largest absolute Gasteiger partial charge is 0.457 e. The number of imidazole rings is 1. The second-order valence-corrected chi connectivity index (χ2v) is 11.0. The summed E-state index contributed by atoms with van der Waals surface area (Å²) in [6.07, 6.45) is 3.56. The van der Waals surface area contributed by atoms with E-state index in [0.29, 0.717) is 47.8 Å². The molecule has 0 saturated carbocycles. The predicted octanol–water partition coefficient (Wildman–Crippen LogP) is 5.38. The summed E-state index contributed by atoms with van der Waals surface area (Å²) in [7, 11) is 3.74. The number of amides is 1. The fourth-order valence-electron chi connectivity index (χ4n) is 4.74. The third-order valence-electron chi connectivity index (χ3n) is 6.43. The summed E-state index contributed by atoms with van der Waals surface area (Å²) < 4.78 is 14.9. The lowest BCUT2D eigenvalue weighted by Gasteiger charge is -2.24. The van der Waals surface area contributed by atoms with Crippen molar-refractivity contribution in [3.8, 4) is 17.2 Å². The fraction of sp³-hybridized carbons (Fsp3) is 0.333. The quantitative estimate of drug-likeness (QED) is 0.240. The number of fused-ring (bicyclic) bond motifs is 1. The molecule has 2 aromatic carbocycles. The number of rotatable bonds is 6. The molecule has 0 N–H and O–H groups in total. The standard InChI is InChI=1S/C30H34N6O4/c1-30(2,3)40-29(38)34-18-16-22(19-34)35-25-15-17-31-27(32-20-33(4)5)26(25)36(28(35)37)21-11-13-24(14-12-21)39-23-9-7-6-8-10-23/h6-15,17,20,22H,16,18-19H2,1-5H3. The first kappa shape index (κ1) is 27.0. The number of carbonyl (C=O) groups is 1. The number of aromatic nitrogens is 3. The molecule has 10 heteroatoms. The summed E-state index contributed by atoms with van der Waals surface area (Å²) in [6.45, 7) is 6.40. The maximum absolute atomic E-state index is 14.1. The molecular formula is C30H34N6O4. The van der Waals surface area contributed by atoms with Crippen LogP contribution in [0.15, 0.2) is 76.6 Å². The molecule has 208 valence electrons. The number of benzene rings is 2. The van der Waals surface area contributed by atoms with Gasteiger partial charge in [-0.2, -0.15) is 0 Å². The molecule has 0 spiro atoms. The number of nitrogens with zero attached hydrogens (tertiary/aromatic N) is 6. The maximum Gasteiger partial charge on any atom is 0.410 e. The summed E-state index contributed by atoms with van der Waals surface area (Å²) in [6, 6.07) is 18.5. The molecule has 10 nitrogen and oxygen atoms in total. The Hall–Kier alpha value is -4.60. The van der Waals surface area contributed by atoms with Gasteiger partial charge in [0.2, 0.25) is 0 Å². The summed E-state index contributed by atoms with van der Waals surface area (Å²) in [5.41, 5.74) is 1.14. The van der Waals surface area contributed by atoms with Crippen LogP contribution in [0.3, 0.4) is 0 Å². The van der Waals surface area contributed by atoms with Crippen LogP contribution in [-0.4, -0.2) is 69.1 Å². The molecule has 5 rings (SSSR count). The van der Waals surface area contributed by atoms with Gasteiger partial charge in [0.15, 0.2) is 5.82 Å². The third-order valence-corrected chi connectivity index (χ3v) is 6.43. The van der Waals surface area contributed by atoms with Crippen molar-refractivity contribution in [1.29, 1.82) is 0 Å². The van der Waals surface area contributed by atoms with E-state index in [1.807, 2.05) is 100 Å². The van der Waals surface area contributed by atoms with Gasteiger partial charge in [-0.1, -0.05) is 18.2 Å². The van der Waals surface area contributed by atoms with Crippen molar-refractivity contribution in [3.05, 3.63) is 77.3 Å². The van der Waals surface area contributed by atoms with Crippen LogP contribution in [0.5, 0.6) is 11.5 Å². The molecule has 0 aliphatic carbocycles. The van der Waals surface area contributed by atoms with Crippen molar-refractivity contribution >= 4 is 29.3 Å². The van der Waals surface area contributed by atoms with Gasteiger partial charge in [0, 0.05) is 33.4 Å². The molecule has 1 unspecified atom stereocenters. The van der Waals surface area contributed by atoms with Gasteiger partial charge in [-0.25, -0.2) is 19.6 Å². The highest BCUT2D eigenvalue weighted by Gasteiger charge is 2.33. The molecule has 3 heterocycles. The average Bonchev–Trinajstić information content (AvgIpc) is 3.50. The summed E-state index contributed by atoms with van der Waals surface area (Å²) >= 11 is 0. The normalized spacial score (nSPS) is 15.6. The minimum absolute atomic E-state index is 0.225. The minimum Gasteiger partial charge on any atom is -0.457 e. The van der Waals surface area contributed by atoms with Crippen LogP contribution < -0.4 is 10.4 Å². The van der Waals surface area contributed by atoms with Crippen molar-refractivity contribution < 1.29 is 14.3 Å². The molecule has 1 aliphatic rings. The van der Waals surface area contributed by atoms with Gasteiger partial charge in [-0.15, -0.1) is 0 Å². The van der Waals surface area contributed by atoms with Crippen LogP contribution in [-0.2, 0) is 4.74 Å². The van der Waals surface area contributed by atoms with E-state index in [-0.39, 0.29) is 17.8 Å². The molecule has 0 bridgehead atoms. The Morgan fingerprint density at radius 3 is 2.42 bits per heavy atom. The zero-order chi connectivity index (χ0) is 28.4. The van der Waals surface area contributed by atoms with Crippen molar-refractivity contribution in [2.45, 2.75) is 38.8 Å². The Labute approximate surface area is 233 Å². The van der Waals surface area contributed by atoms with Crippen LogP contribution in [0, 0.1) is 0 Å². The second-order valence-electron chi connectivity index (χ2n) is 11.0. The lowest BCUT2D eigenvalue weighted by Crippen LogP contribution is -2.36. The van der Waals surface area contributed by atoms with Crippen molar-refractivity contribution in [3.63, 3.8) is 0 Å². The summed E-state index contributed by atoms with van der Waals surface area (Å²) in [4.78, 5) is 39.4. The van der Waals surface area contributed by atoms with E-state index in [2.05, 4.69) is 9.98 Å². The lowest BCUT2D eigenvalue weighted by molar-refractivity contribution is 0.0289. The number of ether oxygens (including phenoxy) is 2. The number of hydrogen-bond acceptors (Lipinski definition) is 6. The van der Waals surface area contributed by atoms with Gasteiger partial charge in [-0.05, 0) is 69.7 Å². The number of para-hydroxylation sites is 1. The van der Waals surface area contributed by atoms with Crippen LogP contribution in [0.2, 0.25) is 0 Å². The predicted molar refractivity (Wildman–Crippen MR) is 155 cm³/mol. The molecule has 4 aromatic rings. The molecule has 1 saturated heterocycles. The molecule has 2 aromatic heterocycles. The second kappa shape index (κ2) is 10.9. The van der Waals surface area contributed by atoms with Crippen LogP contribution >= 0.6 is 0 Å². The highest BCUT2D eigenvalue weighted by Crippen LogP contribution is 2.32. The van der Waals surface area contributed by atoms with E-state index < -0.39 is 5.60 Å². The van der Waals surface area contributed by atoms with E-state index >= 15 is 0 Å². The molecule has 1 aliphatic heterocycles. The Balaban J connectivity index is 1.56. The molecular weight excluding hydrogens is 508 g/mol. The van der Waals surface area contributed by atoms with E-state index in [4.69, 9.17) is 9.47 Å². The van der Waals surface area contributed by atoms with Crippen molar-refractivity contribution in [2.24, 2.45) is 4.99 Å². The van der Waals surface area contributed by atoms with E-state index in [1.54, 1.807) is 26.6 Å². The van der Waals surface area contributed by atoms with Gasteiger partial charge >= 0.3 is 11.8 Å². The van der Waals surface area contributed by atoms with Gasteiger partial charge in [-0.3, -0.25) is 9.13 Å². The number of carbonyl (C=O) groups excluding carboxylic acids is 1. The molecule has 1 atom stereocenters. The van der Waals surface area contributed by atoms with Crippen molar-refractivity contribution in [2.75, 3.05) is 27.2 Å². The summed E-state index contributed by atoms with van der Waals surface area (Å²) in [5.74, 6) is 1.80. The highest BCUT2D eigenvalue weighted by atomic mass is 16.6. The van der Waals surface area contributed by atoms with Gasteiger partial charge in [0.05, 0.1) is 23.6 Å². The minimum atomic E-state index is -0.594. The van der Waals surface area contributed by atoms with Crippen molar-refractivity contribution in [1.82, 2.24) is 23.9 Å². The zero-order valence-electron chi connectivity index (χ0n) is 23.4. The highest BCUT2D eigenvalue weighted by molar-refractivity contribution is 5.88.